The summed E-state index contributed by atoms with van der Waals surface area (Å²) in [5, 5.41) is 10.3. The highest BCUT2D eigenvalue weighted by Gasteiger charge is 2.24. The molecule has 2 heterocycles. The van der Waals surface area contributed by atoms with Gasteiger partial charge in [-0.2, -0.15) is 0 Å². The fourth-order valence-electron chi connectivity index (χ4n) is 4.45. The van der Waals surface area contributed by atoms with Crippen molar-refractivity contribution in [2.75, 3.05) is 26.3 Å². The number of hydrogen-bond acceptors (Lipinski definition) is 5. The summed E-state index contributed by atoms with van der Waals surface area (Å²) in [5.74, 6) is 0.639. The molecule has 1 aromatic heterocycles. The van der Waals surface area contributed by atoms with Gasteiger partial charge in [0.25, 0.3) is 5.91 Å². The van der Waals surface area contributed by atoms with Crippen LogP contribution in [0.1, 0.15) is 42.4 Å². The number of piperidine rings is 1. The largest absolute Gasteiger partial charge is 0.483 e. The van der Waals surface area contributed by atoms with E-state index in [1.54, 1.807) is 4.90 Å². The molecule has 1 aliphatic carbocycles. The highest BCUT2D eigenvalue weighted by Crippen LogP contribution is 2.32. The number of aliphatic hydroxyl groups excluding tert-OH is 1. The molecule has 0 spiro atoms. The first kappa shape index (κ1) is 19.0. The summed E-state index contributed by atoms with van der Waals surface area (Å²) in [7, 11) is 0. The van der Waals surface area contributed by atoms with Crippen LogP contribution in [0.5, 0.6) is 5.75 Å². The molecule has 2 aliphatic rings. The average molecular weight is 385 g/mol. The lowest BCUT2D eigenvalue weighted by Gasteiger charge is -2.31. The first-order valence-corrected chi connectivity index (χ1v) is 10.2. The van der Waals surface area contributed by atoms with Crippen molar-refractivity contribution in [3.63, 3.8) is 0 Å². The minimum Gasteiger partial charge on any atom is -0.483 e. The van der Waals surface area contributed by atoms with Crippen molar-refractivity contribution in [2.24, 2.45) is 5.92 Å². The van der Waals surface area contributed by atoms with Crippen LogP contribution in [0.3, 0.4) is 0 Å². The van der Waals surface area contributed by atoms with Gasteiger partial charge >= 0.3 is 5.63 Å². The zero-order chi connectivity index (χ0) is 19.7. The topological polar surface area (TPSA) is 80.0 Å². The lowest BCUT2D eigenvalue weighted by atomic mass is 9.90. The van der Waals surface area contributed by atoms with E-state index in [0.717, 1.165) is 60.6 Å². The van der Waals surface area contributed by atoms with Crippen LogP contribution in [0.25, 0.3) is 11.0 Å². The number of ether oxygens (including phenoxy) is 1. The Morgan fingerprint density at radius 1 is 1.25 bits per heavy atom. The number of fused-ring (bicyclic) bond motifs is 3. The van der Waals surface area contributed by atoms with Gasteiger partial charge < -0.3 is 19.2 Å². The summed E-state index contributed by atoms with van der Waals surface area (Å²) in [6, 6.07) is 3.81. The Morgan fingerprint density at radius 3 is 2.82 bits per heavy atom. The third kappa shape index (κ3) is 3.53. The van der Waals surface area contributed by atoms with E-state index in [2.05, 4.69) is 0 Å². The molecule has 0 radical (unpaired) electrons. The van der Waals surface area contributed by atoms with Gasteiger partial charge in [-0.1, -0.05) is 0 Å². The third-order valence-electron chi connectivity index (χ3n) is 6.07. The van der Waals surface area contributed by atoms with Crippen LogP contribution in [0, 0.1) is 12.8 Å². The monoisotopic (exact) mass is 385 g/mol. The maximum absolute atomic E-state index is 12.5. The number of aliphatic hydroxyl groups is 1. The quantitative estimate of drug-likeness (QED) is 0.819. The predicted octanol–water partition coefficient (Wildman–Crippen LogP) is 2.59. The summed E-state index contributed by atoms with van der Waals surface area (Å²) in [5.41, 5.74) is 2.98. The Hall–Kier alpha value is -2.34. The normalized spacial score (nSPS) is 19.5. The number of carbonyl (C=O) groups excluding carboxylic acids is 1. The number of benzene rings is 1. The number of carbonyl (C=O) groups is 1. The molecule has 1 amide bonds. The molecule has 2 aromatic rings. The standard InChI is InChI=1S/C22H27NO5/c1-14-19(27-13-20(25)23-10-4-5-15(11-23)12-24)9-8-17-16-6-2-3-7-18(16)22(26)28-21(14)17/h8-9,15,24H,2-7,10-13H2,1H3. The highest BCUT2D eigenvalue weighted by atomic mass is 16.5. The van der Waals surface area contributed by atoms with Crippen LogP contribution >= 0.6 is 0 Å². The number of amides is 1. The molecule has 6 heteroatoms. The Balaban J connectivity index is 1.54. The minimum atomic E-state index is -0.248. The molecular formula is C22H27NO5. The summed E-state index contributed by atoms with van der Waals surface area (Å²) < 4.78 is 11.4. The smallest absolute Gasteiger partial charge is 0.339 e. The molecule has 0 saturated carbocycles. The molecule has 1 atom stereocenters. The van der Waals surface area contributed by atoms with Crippen LogP contribution in [-0.2, 0) is 17.6 Å². The number of hydrogen-bond donors (Lipinski definition) is 1. The summed E-state index contributed by atoms with van der Waals surface area (Å²) in [4.78, 5) is 26.6. The van der Waals surface area contributed by atoms with Crippen molar-refractivity contribution in [3.05, 3.63) is 39.2 Å². The fraction of sp³-hybridized carbons (Fsp3) is 0.545. The van der Waals surface area contributed by atoms with E-state index in [4.69, 9.17) is 9.15 Å². The second kappa shape index (κ2) is 7.95. The van der Waals surface area contributed by atoms with Crippen molar-refractivity contribution >= 4 is 16.9 Å². The Kier molecular flexibility index (Phi) is 5.40. The number of nitrogens with zero attached hydrogens (tertiary/aromatic N) is 1. The van der Waals surface area contributed by atoms with E-state index in [9.17, 15) is 14.7 Å². The molecule has 1 aromatic carbocycles. The predicted molar refractivity (Wildman–Crippen MR) is 106 cm³/mol. The van der Waals surface area contributed by atoms with Crippen molar-refractivity contribution in [1.82, 2.24) is 4.90 Å². The van der Waals surface area contributed by atoms with Crippen LogP contribution in [-0.4, -0.2) is 42.2 Å². The van der Waals surface area contributed by atoms with E-state index in [1.807, 2.05) is 19.1 Å². The van der Waals surface area contributed by atoms with Gasteiger partial charge in [0, 0.05) is 36.2 Å². The number of aryl methyl sites for hydroxylation is 2. The summed E-state index contributed by atoms with van der Waals surface area (Å²) >= 11 is 0. The number of likely N-dealkylation sites (tertiary alicyclic amines) is 1. The molecule has 1 aliphatic heterocycles. The molecule has 28 heavy (non-hydrogen) atoms. The molecule has 0 bridgehead atoms. The van der Waals surface area contributed by atoms with Gasteiger partial charge in [0.2, 0.25) is 0 Å². The highest BCUT2D eigenvalue weighted by molar-refractivity contribution is 5.86. The zero-order valence-corrected chi connectivity index (χ0v) is 16.3. The van der Waals surface area contributed by atoms with Gasteiger partial charge in [0.1, 0.15) is 11.3 Å². The molecule has 1 unspecified atom stereocenters. The number of rotatable bonds is 4. The van der Waals surface area contributed by atoms with Crippen LogP contribution < -0.4 is 10.4 Å². The van der Waals surface area contributed by atoms with Gasteiger partial charge in [-0.3, -0.25) is 4.79 Å². The Bertz CT molecular complexity index is 948. The van der Waals surface area contributed by atoms with E-state index < -0.39 is 0 Å². The van der Waals surface area contributed by atoms with Crippen LogP contribution in [0.4, 0.5) is 0 Å². The second-order valence-corrected chi connectivity index (χ2v) is 7.94. The second-order valence-electron chi connectivity index (χ2n) is 7.94. The van der Waals surface area contributed by atoms with Crippen LogP contribution in [0.15, 0.2) is 21.3 Å². The lowest BCUT2D eigenvalue weighted by Crippen LogP contribution is -2.43. The van der Waals surface area contributed by atoms with Crippen molar-refractivity contribution in [1.29, 1.82) is 0 Å². The van der Waals surface area contributed by atoms with Gasteiger partial charge in [0.15, 0.2) is 6.61 Å². The van der Waals surface area contributed by atoms with Crippen molar-refractivity contribution in [2.45, 2.75) is 45.4 Å². The fourth-order valence-corrected chi connectivity index (χ4v) is 4.45. The first-order valence-electron chi connectivity index (χ1n) is 10.2. The van der Waals surface area contributed by atoms with E-state index in [-0.39, 0.29) is 30.7 Å². The first-order chi connectivity index (χ1) is 13.6. The van der Waals surface area contributed by atoms with Gasteiger partial charge in [-0.15, -0.1) is 0 Å². The van der Waals surface area contributed by atoms with Gasteiger partial charge in [-0.25, -0.2) is 4.79 Å². The molecule has 1 N–H and O–H groups in total. The molecule has 1 saturated heterocycles. The molecule has 4 rings (SSSR count). The SMILES string of the molecule is Cc1c(OCC(=O)N2CCCC(CO)C2)ccc2c3c(c(=O)oc12)CCCC3. The molecule has 150 valence electrons. The van der Waals surface area contributed by atoms with E-state index in [1.165, 1.54) is 0 Å². The average Bonchev–Trinajstić information content (AvgIpc) is 2.74. The minimum absolute atomic E-state index is 0.0559. The maximum atomic E-state index is 12.5. The lowest BCUT2D eigenvalue weighted by molar-refractivity contribution is -0.135. The molecule has 6 nitrogen and oxygen atoms in total. The van der Waals surface area contributed by atoms with Crippen molar-refractivity contribution < 1.29 is 19.1 Å². The van der Waals surface area contributed by atoms with E-state index >= 15 is 0 Å². The maximum Gasteiger partial charge on any atom is 0.339 e. The van der Waals surface area contributed by atoms with Gasteiger partial charge in [0.05, 0.1) is 0 Å². The summed E-state index contributed by atoms with van der Waals surface area (Å²) in [6.07, 6.45) is 5.65. The summed E-state index contributed by atoms with van der Waals surface area (Å²) in [6.45, 7) is 3.20. The Morgan fingerprint density at radius 2 is 2.04 bits per heavy atom. The molecule has 1 fully saturated rings. The third-order valence-corrected chi connectivity index (χ3v) is 6.07. The molecular weight excluding hydrogens is 358 g/mol. The van der Waals surface area contributed by atoms with Gasteiger partial charge in [-0.05, 0) is 69.1 Å². The zero-order valence-electron chi connectivity index (χ0n) is 16.3. The Labute approximate surface area is 164 Å². The van der Waals surface area contributed by atoms with Crippen LogP contribution in [0.2, 0.25) is 0 Å². The van der Waals surface area contributed by atoms with E-state index in [0.29, 0.717) is 24.4 Å². The van der Waals surface area contributed by atoms with Crippen molar-refractivity contribution in [3.8, 4) is 5.75 Å².